The molecule has 0 fully saturated rings. The molecular weight excluding hydrogens is 280 g/mol. The fourth-order valence-electron chi connectivity index (χ4n) is 1.22. The first-order valence-electron chi connectivity index (χ1n) is 6.35. The average Bonchev–Trinajstić information content (AvgIpc) is 2.73. The number of rotatable bonds is 6. The molecule has 0 radical (unpaired) electrons. The number of hydrogen-bond donors (Lipinski definition) is 1. The van der Waals surface area contributed by atoms with E-state index in [0.29, 0.717) is 18.3 Å². The standard InChI is InChI=1S/C13H22N2O4S/c1-9(17-5)6-18-7-10-8-20-11(14-10)15-12(16)19-13(2,3)4/h8-9H,6-7H2,1-5H3,(H,14,15,16). The van der Waals surface area contributed by atoms with Crippen LogP contribution in [-0.2, 0) is 20.8 Å². The van der Waals surface area contributed by atoms with Crippen LogP contribution in [0.2, 0.25) is 0 Å². The van der Waals surface area contributed by atoms with Gasteiger partial charge in [-0.3, -0.25) is 5.32 Å². The Morgan fingerprint density at radius 1 is 1.50 bits per heavy atom. The first kappa shape index (κ1) is 16.9. The Balaban J connectivity index is 2.38. The number of carbonyl (C=O) groups is 1. The van der Waals surface area contributed by atoms with Crippen LogP contribution in [0.3, 0.4) is 0 Å². The van der Waals surface area contributed by atoms with Gasteiger partial charge >= 0.3 is 6.09 Å². The Morgan fingerprint density at radius 3 is 2.80 bits per heavy atom. The molecular formula is C13H22N2O4S. The number of amides is 1. The second kappa shape index (κ2) is 7.56. The van der Waals surface area contributed by atoms with Crippen molar-refractivity contribution in [2.75, 3.05) is 19.0 Å². The summed E-state index contributed by atoms with van der Waals surface area (Å²) >= 11 is 1.33. The van der Waals surface area contributed by atoms with E-state index in [4.69, 9.17) is 14.2 Å². The summed E-state index contributed by atoms with van der Waals surface area (Å²) in [4.78, 5) is 15.8. The highest BCUT2D eigenvalue weighted by molar-refractivity contribution is 7.13. The normalized spacial score (nSPS) is 13.1. The maximum absolute atomic E-state index is 11.6. The summed E-state index contributed by atoms with van der Waals surface area (Å²) < 4.78 is 15.7. The van der Waals surface area contributed by atoms with Crippen molar-refractivity contribution < 1.29 is 19.0 Å². The third-order valence-corrected chi connectivity index (χ3v) is 2.97. The van der Waals surface area contributed by atoms with E-state index in [9.17, 15) is 4.79 Å². The Bertz CT molecular complexity index is 428. The van der Waals surface area contributed by atoms with Crippen LogP contribution >= 0.6 is 11.3 Å². The first-order chi connectivity index (χ1) is 9.30. The molecule has 0 aliphatic heterocycles. The molecule has 1 aromatic rings. The van der Waals surface area contributed by atoms with E-state index in [1.54, 1.807) is 7.11 Å². The molecule has 1 aromatic heterocycles. The van der Waals surface area contributed by atoms with E-state index in [0.717, 1.165) is 5.69 Å². The van der Waals surface area contributed by atoms with E-state index in [1.165, 1.54) is 11.3 Å². The van der Waals surface area contributed by atoms with Gasteiger partial charge in [-0.25, -0.2) is 9.78 Å². The number of methoxy groups -OCH3 is 1. The first-order valence-corrected chi connectivity index (χ1v) is 7.23. The molecule has 1 N–H and O–H groups in total. The van der Waals surface area contributed by atoms with Gasteiger partial charge in [0.25, 0.3) is 0 Å². The molecule has 1 amide bonds. The smallest absolute Gasteiger partial charge is 0.413 e. The minimum atomic E-state index is -0.524. The van der Waals surface area contributed by atoms with Crippen molar-refractivity contribution in [2.24, 2.45) is 0 Å². The van der Waals surface area contributed by atoms with Crippen LogP contribution in [0, 0.1) is 0 Å². The molecule has 0 spiro atoms. The average molecular weight is 302 g/mol. The van der Waals surface area contributed by atoms with Crippen molar-refractivity contribution in [1.29, 1.82) is 0 Å². The molecule has 6 nitrogen and oxygen atoms in total. The van der Waals surface area contributed by atoms with Gasteiger partial charge in [0.1, 0.15) is 5.60 Å². The van der Waals surface area contributed by atoms with Gasteiger partial charge in [-0.2, -0.15) is 0 Å². The second-order valence-electron chi connectivity index (χ2n) is 5.33. The van der Waals surface area contributed by atoms with Crippen molar-refractivity contribution >= 4 is 22.6 Å². The molecule has 1 unspecified atom stereocenters. The zero-order valence-corrected chi connectivity index (χ0v) is 13.4. The quantitative estimate of drug-likeness (QED) is 0.874. The number of aromatic nitrogens is 1. The molecule has 0 saturated heterocycles. The number of hydrogen-bond acceptors (Lipinski definition) is 6. The molecule has 0 aromatic carbocycles. The zero-order valence-electron chi connectivity index (χ0n) is 12.6. The summed E-state index contributed by atoms with van der Waals surface area (Å²) in [6, 6.07) is 0. The summed E-state index contributed by atoms with van der Waals surface area (Å²) in [6.07, 6.45) is -0.458. The van der Waals surface area contributed by atoms with E-state index < -0.39 is 11.7 Å². The number of carbonyl (C=O) groups excluding carboxylic acids is 1. The van der Waals surface area contributed by atoms with E-state index in [2.05, 4.69) is 10.3 Å². The number of nitrogens with zero attached hydrogens (tertiary/aromatic N) is 1. The third-order valence-electron chi connectivity index (χ3n) is 2.16. The molecule has 0 aliphatic rings. The fourth-order valence-corrected chi connectivity index (χ4v) is 1.90. The zero-order chi connectivity index (χ0) is 15.2. The molecule has 1 rings (SSSR count). The Morgan fingerprint density at radius 2 is 2.20 bits per heavy atom. The van der Waals surface area contributed by atoms with Gasteiger partial charge in [0.05, 0.1) is 25.0 Å². The predicted octanol–water partition coefficient (Wildman–Crippen LogP) is 3.04. The molecule has 114 valence electrons. The van der Waals surface area contributed by atoms with Crippen LogP contribution in [-0.4, -0.2) is 36.5 Å². The molecule has 0 bridgehead atoms. The monoisotopic (exact) mass is 302 g/mol. The van der Waals surface area contributed by atoms with Crippen LogP contribution in [0.25, 0.3) is 0 Å². The Hall–Kier alpha value is -1.18. The highest BCUT2D eigenvalue weighted by Crippen LogP contribution is 2.17. The lowest BCUT2D eigenvalue weighted by Gasteiger charge is -2.18. The summed E-state index contributed by atoms with van der Waals surface area (Å²) in [5, 5.41) is 4.93. The van der Waals surface area contributed by atoms with Gasteiger partial charge in [-0.15, -0.1) is 11.3 Å². The molecule has 0 aliphatic carbocycles. The lowest BCUT2D eigenvalue weighted by molar-refractivity contribution is 0.0109. The Labute approximate surface area is 123 Å². The van der Waals surface area contributed by atoms with Crippen molar-refractivity contribution in [3.05, 3.63) is 11.1 Å². The SMILES string of the molecule is COC(C)COCc1csc(NC(=O)OC(C)(C)C)n1. The molecule has 7 heteroatoms. The van der Waals surface area contributed by atoms with Gasteiger partial charge in [0.15, 0.2) is 5.13 Å². The topological polar surface area (TPSA) is 69.7 Å². The Kier molecular flexibility index (Phi) is 6.38. The highest BCUT2D eigenvalue weighted by Gasteiger charge is 2.17. The number of nitrogens with one attached hydrogen (secondary N) is 1. The molecule has 20 heavy (non-hydrogen) atoms. The minimum absolute atomic E-state index is 0.0491. The van der Waals surface area contributed by atoms with E-state index >= 15 is 0 Å². The summed E-state index contributed by atoms with van der Waals surface area (Å²) in [5.41, 5.74) is 0.244. The second-order valence-corrected chi connectivity index (χ2v) is 6.19. The fraction of sp³-hybridized carbons (Fsp3) is 0.692. The van der Waals surface area contributed by atoms with Crippen molar-refractivity contribution in [1.82, 2.24) is 4.98 Å². The van der Waals surface area contributed by atoms with E-state index in [1.807, 2.05) is 33.1 Å². The van der Waals surface area contributed by atoms with Gasteiger partial charge in [0, 0.05) is 12.5 Å². The maximum Gasteiger partial charge on any atom is 0.413 e. The number of thiazole rings is 1. The summed E-state index contributed by atoms with van der Waals surface area (Å²) in [6.45, 7) is 8.25. The minimum Gasteiger partial charge on any atom is -0.444 e. The summed E-state index contributed by atoms with van der Waals surface area (Å²) in [5.74, 6) is 0. The van der Waals surface area contributed by atoms with Crippen LogP contribution in [0.4, 0.5) is 9.93 Å². The number of anilines is 1. The van der Waals surface area contributed by atoms with Crippen molar-refractivity contribution in [3.63, 3.8) is 0 Å². The molecule has 0 saturated carbocycles. The molecule has 1 heterocycles. The van der Waals surface area contributed by atoms with Gasteiger partial charge in [-0.1, -0.05) is 0 Å². The van der Waals surface area contributed by atoms with Crippen LogP contribution in [0.1, 0.15) is 33.4 Å². The van der Waals surface area contributed by atoms with Crippen LogP contribution < -0.4 is 5.32 Å². The van der Waals surface area contributed by atoms with E-state index in [-0.39, 0.29) is 6.10 Å². The van der Waals surface area contributed by atoms with Crippen molar-refractivity contribution in [2.45, 2.75) is 46.0 Å². The van der Waals surface area contributed by atoms with Crippen molar-refractivity contribution in [3.8, 4) is 0 Å². The maximum atomic E-state index is 11.6. The van der Waals surface area contributed by atoms with Gasteiger partial charge < -0.3 is 14.2 Å². The highest BCUT2D eigenvalue weighted by atomic mass is 32.1. The third kappa shape index (κ3) is 6.83. The van der Waals surface area contributed by atoms with Gasteiger partial charge in [0.2, 0.25) is 0 Å². The van der Waals surface area contributed by atoms with Gasteiger partial charge in [-0.05, 0) is 27.7 Å². The lowest BCUT2D eigenvalue weighted by atomic mass is 10.2. The number of ether oxygens (including phenoxy) is 3. The lowest BCUT2D eigenvalue weighted by Crippen LogP contribution is -2.27. The largest absolute Gasteiger partial charge is 0.444 e. The van der Waals surface area contributed by atoms with Crippen LogP contribution in [0.5, 0.6) is 0 Å². The molecule has 1 atom stereocenters. The van der Waals surface area contributed by atoms with Crippen LogP contribution in [0.15, 0.2) is 5.38 Å². The summed E-state index contributed by atoms with van der Waals surface area (Å²) in [7, 11) is 1.64. The predicted molar refractivity (Wildman–Crippen MR) is 78.1 cm³/mol.